The van der Waals surface area contributed by atoms with Crippen LogP contribution >= 0.6 is 27.5 Å². The Bertz CT molecular complexity index is 377. The third kappa shape index (κ3) is 3.50. The predicted octanol–water partition coefficient (Wildman–Crippen LogP) is 4.02. The summed E-state index contributed by atoms with van der Waals surface area (Å²) in [5.41, 5.74) is 1.93. The quantitative estimate of drug-likeness (QED) is 0.606. The number of rotatable bonds is 3. The van der Waals surface area contributed by atoms with Crippen molar-refractivity contribution in [2.45, 2.75) is 13.8 Å². The van der Waals surface area contributed by atoms with E-state index < -0.39 is 0 Å². The first kappa shape index (κ1) is 12.5. The number of hydrogen-bond donors (Lipinski definition) is 0. The standard InChI is InChI=1S/C11H14BrClN2/c1-4-15(3)7-14-10-6-8(2)5-9(12)11(10)13/h5-7H,4H2,1-3H3. The van der Waals surface area contributed by atoms with Crippen molar-refractivity contribution in [3.05, 3.63) is 27.2 Å². The van der Waals surface area contributed by atoms with E-state index in [0.717, 1.165) is 22.3 Å². The van der Waals surface area contributed by atoms with Crippen molar-refractivity contribution >= 4 is 39.6 Å². The van der Waals surface area contributed by atoms with Crippen molar-refractivity contribution < 1.29 is 0 Å². The molecular formula is C11H14BrClN2. The summed E-state index contributed by atoms with van der Waals surface area (Å²) in [7, 11) is 1.97. The minimum atomic E-state index is 0.654. The van der Waals surface area contributed by atoms with Crippen LogP contribution in [-0.2, 0) is 0 Å². The molecule has 4 heteroatoms. The lowest BCUT2D eigenvalue weighted by molar-refractivity contribution is 0.552. The van der Waals surface area contributed by atoms with Gasteiger partial charge in [-0.25, -0.2) is 4.99 Å². The van der Waals surface area contributed by atoms with Crippen LogP contribution in [0.25, 0.3) is 0 Å². The Kier molecular flexibility index (Phi) is 4.61. The molecule has 1 rings (SSSR count). The molecule has 2 nitrogen and oxygen atoms in total. The van der Waals surface area contributed by atoms with Crippen molar-refractivity contribution in [1.29, 1.82) is 0 Å². The van der Waals surface area contributed by atoms with Crippen LogP contribution in [0.1, 0.15) is 12.5 Å². The first-order chi connectivity index (χ1) is 7.04. The number of halogens is 2. The maximum absolute atomic E-state index is 6.11. The average molecular weight is 290 g/mol. The van der Waals surface area contributed by atoms with Crippen LogP contribution in [0.2, 0.25) is 5.02 Å². The maximum Gasteiger partial charge on any atom is 0.0910 e. The lowest BCUT2D eigenvalue weighted by Crippen LogP contribution is -2.14. The van der Waals surface area contributed by atoms with Crippen molar-refractivity contribution in [2.24, 2.45) is 4.99 Å². The van der Waals surface area contributed by atoms with Gasteiger partial charge in [-0.2, -0.15) is 0 Å². The van der Waals surface area contributed by atoms with Gasteiger partial charge in [0.15, 0.2) is 0 Å². The van der Waals surface area contributed by atoms with Crippen LogP contribution in [0, 0.1) is 6.92 Å². The molecule has 0 fully saturated rings. The zero-order valence-electron chi connectivity index (χ0n) is 9.09. The predicted molar refractivity (Wildman–Crippen MR) is 70.3 cm³/mol. The highest BCUT2D eigenvalue weighted by atomic mass is 79.9. The van der Waals surface area contributed by atoms with Crippen molar-refractivity contribution in [1.82, 2.24) is 4.90 Å². The summed E-state index contributed by atoms with van der Waals surface area (Å²) in [6, 6.07) is 3.94. The van der Waals surface area contributed by atoms with Crippen LogP contribution in [0.4, 0.5) is 5.69 Å². The van der Waals surface area contributed by atoms with Gasteiger partial charge in [0, 0.05) is 18.1 Å². The monoisotopic (exact) mass is 288 g/mol. The molecule has 0 saturated heterocycles. The molecule has 1 aromatic rings. The van der Waals surface area contributed by atoms with Gasteiger partial charge in [-0.15, -0.1) is 0 Å². The maximum atomic E-state index is 6.11. The average Bonchev–Trinajstić information content (AvgIpc) is 2.20. The second kappa shape index (κ2) is 5.52. The molecule has 0 aliphatic carbocycles. The minimum Gasteiger partial charge on any atom is -0.366 e. The van der Waals surface area contributed by atoms with Gasteiger partial charge >= 0.3 is 0 Å². The topological polar surface area (TPSA) is 15.6 Å². The van der Waals surface area contributed by atoms with E-state index in [1.54, 1.807) is 6.34 Å². The molecule has 1 aromatic carbocycles. The lowest BCUT2D eigenvalue weighted by atomic mass is 10.2. The fourth-order valence-electron chi connectivity index (χ4n) is 1.04. The van der Waals surface area contributed by atoms with E-state index in [9.17, 15) is 0 Å². The van der Waals surface area contributed by atoms with Gasteiger partial charge in [0.05, 0.1) is 17.0 Å². The zero-order valence-corrected chi connectivity index (χ0v) is 11.4. The Hall–Kier alpha value is -0.540. The van der Waals surface area contributed by atoms with Crippen LogP contribution in [0.5, 0.6) is 0 Å². The lowest BCUT2D eigenvalue weighted by Gasteiger charge is -2.09. The van der Waals surface area contributed by atoms with Crippen LogP contribution < -0.4 is 0 Å². The van der Waals surface area contributed by atoms with E-state index >= 15 is 0 Å². The highest BCUT2D eigenvalue weighted by molar-refractivity contribution is 9.10. The molecule has 0 heterocycles. The number of nitrogens with zero attached hydrogens (tertiary/aromatic N) is 2. The molecule has 0 aromatic heterocycles. The SMILES string of the molecule is CCN(C)C=Nc1cc(C)cc(Br)c1Cl. The summed E-state index contributed by atoms with van der Waals surface area (Å²) in [6.45, 7) is 5.01. The van der Waals surface area contributed by atoms with Crippen LogP contribution in [-0.4, -0.2) is 24.8 Å². The van der Waals surface area contributed by atoms with Gasteiger partial charge in [0.2, 0.25) is 0 Å². The van der Waals surface area contributed by atoms with E-state index in [2.05, 4.69) is 27.8 Å². The number of benzene rings is 1. The summed E-state index contributed by atoms with van der Waals surface area (Å²) in [6.07, 6.45) is 1.78. The summed E-state index contributed by atoms with van der Waals surface area (Å²) >= 11 is 9.51. The molecular weight excluding hydrogens is 275 g/mol. The Morgan fingerprint density at radius 2 is 2.20 bits per heavy atom. The molecule has 0 amide bonds. The van der Waals surface area contributed by atoms with Crippen LogP contribution in [0.15, 0.2) is 21.6 Å². The molecule has 0 spiro atoms. The van der Waals surface area contributed by atoms with E-state index in [1.807, 2.05) is 31.0 Å². The molecule has 0 aliphatic rings. The first-order valence-electron chi connectivity index (χ1n) is 4.74. The van der Waals surface area contributed by atoms with Gasteiger partial charge in [0.1, 0.15) is 0 Å². The molecule has 0 atom stereocenters. The third-order valence-electron chi connectivity index (χ3n) is 2.05. The molecule has 0 N–H and O–H groups in total. The molecule has 0 aliphatic heterocycles. The summed E-state index contributed by atoms with van der Waals surface area (Å²) in [5.74, 6) is 0. The molecule has 0 saturated carbocycles. The third-order valence-corrected chi connectivity index (χ3v) is 3.30. The van der Waals surface area contributed by atoms with Gasteiger partial charge in [-0.3, -0.25) is 0 Å². The van der Waals surface area contributed by atoms with E-state index in [1.165, 1.54) is 0 Å². The van der Waals surface area contributed by atoms with Gasteiger partial charge in [0.25, 0.3) is 0 Å². The smallest absolute Gasteiger partial charge is 0.0910 e. The first-order valence-corrected chi connectivity index (χ1v) is 5.91. The Morgan fingerprint density at radius 1 is 1.53 bits per heavy atom. The summed E-state index contributed by atoms with van der Waals surface area (Å²) in [5, 5.41) is 0.654. The Balaban J connectivity index is 2.99. The highest BCUT2D eigenvalue weighted by Crippen LogP contribution is 2.33. The van der Waals surface area contributed by atoms with Gasteiger partial charge < -0.3 is 4.90 Å². The molecule has 82 valence electrons. The number of aryl methyl sites for hydroxylation is 1. The molecule has 15 heavy (non-hydrogen) atoms. The van der Waals surface area contributed by atoms with E-state index in [4.69, 9.17) is 11.6 Å². The fourth-order valence-corrected chi connectivity index (χ4v) is 1.76. The van der Waals surface area contributed by atoms with Gasteiger partial charge in [-0.05, 0) is 47.5 Å². The Labute approximate surface area is 104 Å². The molecule has 0 unspecified atom stereocenters. The Morgan fingerprint density at radius 3 is 2.80 bits per heavy atom. The molecule has 0 bridgehead atoms. The summed E-state index contributed by atoms with van der Waals surface area (Å²) in [4.78, 5) is 6.33. The second-order valence-electron chi connectivity index (χ2n) is 3.40. The normalized spacial score (nSPS) is 11.0. The minimum absolute atomic E-state index is 0.654. The van der Waals surface area contributed by atoms with Gasteiger partial charge in [-0.1, -0.05) is 11.6 Å². The zero-order chi connectivity index (χ0) is 11.4. The largest absolute Gasteiger partial charge is 0.366 e. The van der Waals surface area contributed by atoms with Crippen LogP contribution in [0.3, 0.4) is 0 Å². The fraction of sp³-hybridized carbons (Fsp3) is 0.364. The van der Waals surface area contributed by atoms with E-state index in [-0.39, 0.29) is 0 Å². The highest BCUT2D eigenvalue weighted by Gasteiger charge is 2.04. The van der Waals surface area contributed by atoms with Crippen molar-refractivity contribution in [2.75, 3.05) is 13.6 Å². The summed E-state index contributed by atoms with van der Waals surface area (Å²) < 4.78 is 0.885. The number of aliphatic imine (C=N–C) groups is 1. The van der Waals surface area contributed by atoms with Crippen molar-refractivity contribution in [3.63, 3.8) is 0 Å². The number of hydrogen-bond acceptors (Lipinski definition) is 1. The second-order valence-corrected chi connectivity index (χ2v) is 4.63. The molecule has 0 radical (unpaired) electrons. The van der Waals surface area contributed by atoms with E-state index in [0.29, 0.717) is 5.02 Å². The van der Waals surface area contributed by atoms with Crippen molar-refractivity contribution in [3.8, 4) is 0 Å².